The molecule has 0 radical (unpaired) electrons. The summed E-state index contributed by atoms with van der Waals surface area (Å²) < 4.78 is 13.2. The largest absolute Gasteiger partial charge is 0.475 e. The van der Waals surface area contributed by atoms with Gasteiger partial charge in [0.2, 0.25) is 0 Å². The molecule has 2 N–H and O–H groups in total. The first kappa shape index (κ1) is 9.39. The van der Waals surface area contributed by atoms with Crippen molar-refractivity contribution in [1.82, 2.24) is 4.98 Å². The predicted octanol–water partition coefficient (Wildman–Crippen LogP) is 1.57. The van der Waals surface area contributed by atoms with Crippen molar-refractivity contribution in [2.24, 2.45) is 0 Å². The van der Waals surface area contributed by atoms with Crippen LogP contribution in [0, 0.1) is 5.82 Å². The number of ketones is 1. The topological polar surface area (TPSA) is 70.2 Å². The fourth-order valence-electron chi connectivity index (χ4n) is 1.42. The Balaban J connectivity index is 2.69. The summed E-state index contributed by atoms with van der Waals surface area (Å²) in [6.45, 7) is 0. The van der Waals surface area contributed by atoms with Crippen molar-refractivity contribution in [2.45, 2.75) is 0 Å². The zero-order valence-corrected chi connectivity index (χ0v) is 7.45. The molecule has 1 heterocycles. The molecule has 2 rings (SSSR count). The maximum atomic E-state index is 13.2. The molecule has 15 heavy (non-hydrogen) atoms. The molecular weight excluding hydrogens is 201 g/mol. The minimum atomic E-state index is -1.56. The number of aromatic amines is 1. The average Bonchev–Trinajstić information content (AvgIpc) is 2.61. The summed E-state index contributed by atoms with van der Waals surface area (Å²) in [7, 11) is 0. The summed E-state index contributed by atoms with van der Waals surface area (Å²) in [4.78, 5) is 24.2. The minimum absolute atomic E-state index is 0.0306. The van der Waals surface area contributed by atoms with Gasteiger partial charge in [0.25, 0.3) is 5.78 Å². The van der Waals surface area contributed by atoms with Crippen LogP contribution in [0.3, 0.4) is 0 Å². The van der Waals surface area contributed by atoms with Crippen molar-refractivity contribution in [3.8, 4) is 0 Å². The Morgan fingerprint density at radius 3 is 2.73 bits per heavy atom. The molecule has 0 atom stereocenters. The Bertz CT molecular complexity index is 559. The third-order valence-corrected chi connectivity index (χ3v) is 2.10. The van der Waals surface area contributed by atoms with Crippen LogP contribution in [0.25, 0.3) is 10.9 Å². The van der Waals surface area contributed by atoms with Gasteiger partial charge in [-0.15, -0.1) is 0 Å². The monoisotopic (exact) mass is 207 g/mol. The highest BCUT2D eigenvalue weighted by atomic mass is 19.1. The lowest BCUT2D eigenvalue weighted by atomic mass is 10.1. The molecule has 0 spiro atoms. The summed E-state index contributed by atoms with van der Waals surface area (Å²) in [6.07, 6.45) is 1.20. The Hall–Kier alpha value is -2.17. The zero-order chi connectivity index (χ0) is 11.0. The summed E-state index contributed by atoms with van der Waals surface area (Å²) in [5.41, 5.74) is 0.110. The van der Waals surface area contributed by atoms with Gasteiger partial charge in [0.05, 0.1) is 11.1 Å². The molecule has 0 unspecified atom stereocenters. The van der Waals surface area contributed by atoms with E-state index in [0.29, 0.717) is 0 Å². The number of carbonyl (C=O) groups is 2. The second-order valence-corrected chi connectivity index (χ2v) is 3.00. The van der Waals surface area contributed by atoms with Crippen LogP contribution >= 0.6 is 0 Å². The fraction of sp³-hybridized carbons (Fsp3) is 0. The lowest BCUT2D eigenvalue weighted by molar-refractivity contribution is -0.131. The Kier molecular flexibility index (Phi) is 2.00. The van der Waals surface area contributed by atoms with Gasteiger partial charge in [-0.25, -0.2) is 9.18 Å². The van der Waals surface area contributed by atoms with E-state index < -0.39 is 17.6 Å². The second-order valence-electron chi connectivity index (χ2n) is 3.00. The number of carboxylic acids is 1. The van der Waals surface area contributed by atoms with Gasteiger partial charge in [0.1, 0.15) is 5.82 Å². The number of rotatable bonds is 2. The zero-order valence-electron chi connectivity index (χ0n) is 7.45. The van der Waals surface area contributed by atoms with Crippen molar-refractivity contribution in [1.29, 1.82) is 0 Å². The first-order valence-electron chi connectivity index (χ1n) is 4.14. The molecule has 5 heteroatoms. The predicted molar refractivity (Wildman–Crippen MR) is 50.2 cm³/mol. The number of nitrogens with one attached hydrogen (secondary N) is 1. The highest BCUT2D eigenvalue weighted by Gasteiger charge is 2.19. The lowest BCUT2D eigenvalue weighted by Gasteiger charge is -1.94. The molecule has 4 nitrogen and oxygen atoms in total. The van der Waals surface area contributed by atoms with Crippen LogP contribution in [0.1, 0.15) is 10.4 Å². The second kappa shape index (κ2) is 3.20. The Labute approximate surface area is 83.3 Å². The van der Waals surface area contributed by atoms with Gasteiger partial charge >= 0.3 is 5.97 Å². The van der Waals surface area contributed by atoms with Gasteiger partial charge in [0, 0.05) is 11.6 Å². The van der Waals surface area contributed by atoms with Gasteiger partial charge in [-0.1, -0.05) is 12.1 Å². The molecule has 0 aliphatic rings. The highest BCUT2D eigenvalue weighted by Crippen LogP contribution is 2.20. The molecule has 76 valence electrons. The number of H-pyrrole nitrogens is 1. The van der Waals surface area contributed by atoms with Crippen LogP contribution < -0.4 is 0 Å². The SMILES string of the molecule is O=C(O)C(=O)c1c[nH]c2c(F)cccc12. The molecule has 1 aromatic heterocycles. The minimum Gasteiger partial charge on any atom is -0.475 e. The van der Waals surface area contributed by atoms with Crippen LogP contribution in [-0.4, -0.2) is 21.8 Å². The molecule has 0 saturated carbocycles. The smallest absolute Gasteiger partial charge is 0.377 e. The quantitative estimate of drug-likeness (QED) is 0.580. The molecular formula is C10H6FNO3. The maximum Gasteiger partial charge on any atom is 0.377 e. The van der Waals surface area contributed by atoms with Crippen molar-refractivity contribution < 1.29 is 19.1 Å². The van der Waals surface area contributed by atoms with Gasteiger partial charge in [0.15, 0.2) is 0 Å². The number of halogens is 1. The number of hydrogen-bond donors (Lipinski definition) is 2. The van der Waals surface area contributed by atoms with Crippen LogP contribution in [-0.2, 0) is 4.79 Å². The lowest BCUT2D eigenvalue weighted by Crippen LogP contribution is -2.11. The van der Waals surface area contributed by atoms with Crippen molar-refractivity contribution in [3.05, 3.63) is 35.8 Å². The fourth-order valence-corrected chi connectivity index (χ4v) is 1.42. The number of carbonyl (C=O) groups excluding carboxylic acids is 1. The van der Waals surface area contributed by atoms with Crippen LogP contribution in [0.2, 0.25) is 0 Å². The standard InChI is InChI=1S/C10H6FNO3/c11-7-3-1-2-5-6(4-12-8(5)7)9(13)10(14)15/h1-4,12H,(H,14,15). The van der Waals surface area contributed by atoms with E-state index in [0.717, 1.165) is 0 Å². The van der Waals surface area contributed by atoms with E-state index in [4.69, 9.17) is 5.11 Å². The highest BCUT2D eigenvalue weighted by molar-refractivity contribution is 6.42. The van der Waals surface area contributed by atoms with Crippen molar-refractivity contribution in [3.63, 3.8) is 0 Å². The third kappa shape index (κ3) is 1.38. The van der Waals surface area contributed by atoms with Crippen molar-refractivity contribution >= 4 is 22.7 Å². The summed E-state index contributed by atoms with van der Waals surface area (Å²) >= 11 is 0. The summed E-state index contributed by atoms with van der Waals surface area (Å²) in [5, 5.41) is 8.81. The van der Waals surface area contributed by atoms with E-state index in [1.807, 2.05) is 0 Å². The number of carboxylic acid groups (broad SMARTS) is 1. The number of benzene rings is 1. The van der Waals surface area contributed by atoms with Crippen LogP contribution in [0.4, 0.5) is 4.39 Å². The molecule has 2 aromatic rings. The molecule has 0 bridgehead atoms. The normalized spacial score (nSPS) is 10.5. The van der Waals surface area contributed by atoms with Gasteiger partial charge in [-0.3, -0.25) is 4.79 Å². The summed E-state index contributed by atoms with van der Waals surface area (Å²) in [5.74, 6) is -3.12. The van der Waals surface area contributed by atoms with Gasteiger partial charge in [-0.05, 0) is 6.07 Å². The molecule has 0 aliphatic heterocycles. The van der Waals surface area contributed by atoms with E-state index >= 15 is 0 Å². The average molecular weight is 207 g/mol. The maximum absolute atomic E-state index is 13.2. The number of para-hydroxylation sites is 1. The number of hydrogen-bond acceptors (Lipinski definition) is 2. The van der Waals surface area contributed by atoms with Crippen LogP contribution in [0.15, 0.2) is 24.4 Å². The van der Waals surface area contributed by atoms with E-state index in [-0.39, 0.29) is 16.5 Å². The Morgan fingerprint density at radius 2 is 2.07 bits per heavy atom. The number of fused-ring (bicyclic) bond motifs is 1. The van der Waals surface area contributed by atoms with E-state index in [1.54, 1.807) is 0 Å². The van der Waals surface area contributed by atoms with Crippen molar-refractivity contribution in [2.75, 3.05) is 0 Å². The third-order valence-electron chi connectivity index (χ3n) is 2.10. The Morgan fingerprint density at radius 1 is 1.33 bits per heavy atom. The molecule has 0 saturated heterocycles. The molecule has 0 amide bonds. The molecule has 0 fully saturated rings. The first-order valence-corrected chi connectivity index (χ1v) is 4.14. The number of aromatic nitrogens is 1. The van der Waals surface area contributed by atoms with Gasteiger partial charge in [-0.2, -0.15) is 0 Å². The molecule has 1 aromatic carbocycles. The number of aliphatic carboxylic acids is 1. The molecule has 0 aliphatic carbocycles. The summed E-state index contributed by atoms with van der Waals surface area (Å²) in [6, 6.07) is 4.14. The van der Waals surface area contributed by atoms with E-state index in [1.165, 1.54) is 24.4 Å². The van der Waals surface area contributed by atoms with E-state index in [2.05, 4.69) is 4.98 Å². The number of Topliss-reactive ketones (excluding diaryl/α,β-unsaturated/α-hetero) is 1. The van der Waals surface area contributed by atoms with Gasteiger partial charge < -0.3 is 10.1 Å². The van der Waals surface area contributed by atoms with E-state index in [9.17, 15) is 14.0 Å². The van der Waals surface area contributed by atoms with Crippen LogP contribution in [0.5, 0.6) is 0 Å². The first-order chi connectivity index (χ1) is 7.11.